The van der Waals surface area contributed by atoms with Gasteiger partial charge >= 0.3 is 0 Å². The van der Waals surface area contributed by atoms with E-state index in [9.17, 15) is 4.39 Å². The summed E-state index contributed by atoms with van der Waals surface area (Å²) in [6, 6.07) is 13.3. The summed E-state index contributed by atoms with van der Waals surface area (Å²) in [7, 11) is 0. The molecule has 1 N–H and O–H groups in total. The van der Waals surface area contributed by atoms with Crippen LogP contribution in [-0.4, -0.2) is 10.1 Å². The van der Waals surface area contributed by atoms with Crippen LogP contribution in [0, 0.1) is 23.6 Å². The average Bonchev–Trinajstić information content (AvgIpc) is 3.05. The SMILES string of the molecule is Fc1ccc(Cn2cc(CNC34CC5CC(CC(C5)C3)C4)c3ccccc32)c(Cl)c1. The lowest BCUT2D eigenvalue weighted by atomic mass is 9.53. The van der Waals surface area contributed by atoms with Crippen LogP contribution in [0.4, 0.5) is 4.39 Å². The third-order valence-electron chi connectivity index (χ3n) is 7.92. The fourth-order valence-electron chi connectivity index (χ4n) is 7.04. The lowest BCUT2D eigenvalue weighted by molar-refractivity contribution is -0.0205. The van der Waals surface area contributed by atoms with E-state index in [1.807, 2.05) is 0 Å². The van der Waals surface area contributed by atoms with E-state index in [2.05, 4.69) is 40.3 Å². The number of fused-ring (bicyclic) bond motifs is 1. The van der Waals surface area contributed by atoms with E-state index >= 15 is 0 Å². The molecule has 4 aliphatic carbocycles. The second kappa shape index (κ2) is 7.10. The van der Waals surface area contributed by atoms with E-state index in [1.165, 1.54) is 67.1 Å². The van der Waals surface area contributed by atoms with E-state index < -0.39 is 0 Å². The van der Waals surface area contributed by atoms with Crippen molar-refractivity contribution < 1.29 is 4.39 Å². The van der Waals surface area contributed by atoms with Gasteiger partial charge in [0, 0.05) is 40.8 Å². The van der Waals surface area contributed by atoms with Crippen LogP contribution in [0.1, 0.15) is 49.7 Å². The van der Waals surface area contributed by atoms with Crippen molar-refractivity contribution in [2.24, 2.45) is 17.8 Å². The highest BCUT2D eigenvalue weighted by molar-refractivity contribution is 6.31. The fourth-order valence-corrected chi connectivity index (χ4v) is 7.26. The quantitative estimate of drug-likeness (QED) is 0.493. The average molecular weight is 423 g/mol. The molecule has 0 unspecified atom stereocenters. The Kier molecular flexibility index (Phi) is 4.47. The zero-order valence-electron chi connectivity index (χ0n) is 17.2. The number of para-hydroxylation sites is 1. The first-order chi connectivity index (χ1) is 14.6. The molecule has 7 rings (SSSR count). The molecule has 3 aromatic rings. The molecule has 0 saturated heterocycles. The Labute approximate surface area is 182 Å². The van der Waals surface area contributed by atoms with Crippen LogP contribution < -0.4 is 5.32 Å². The standard InChI is InChI=1S/C26H28ClFN2/c27-24-10-22(28)6-5-20(24)15-30-16-21(23-3-1-2-4-25(23)30)14-29-26-11-17-7-18(12-26)9-19(8-17)13-26/h1-6,10,16-19,29H,7-9,11-15H2. The molecule has 0 radical (unpaired) electrons. The van der Waals surface area contributed by atoms with E-state index in [4.69, 9.17) is 11.6 Å². The minimum atomic E-state index is -0.290. The highest BCUT2D eigenvalue weighted by Crippen LogP contribution is 2.55. The smallest absolute Gasteiger partial charge is 0.124 e. The number of rotatable bonds is 5. The van der Waals surface area contributed by atoms with Crippen molar-refractivity contribution >= 4 is 22.5 Å². The molecule has 1 heterocycles. The Morgan fingerprint density at radius 2 is 1.67 bits per heavy atom. The van der Waals surface area contributed by atoms with Crippen LogP contribution in [0.25, 0.3) is 10.9 Å². The van der Waals surface area contributed by atoms with Crippen molar-refractivity contribution in [2.75, 3.05) is 0 Å². The van der Waals surface area contributed by atoms with Gasteiger partial charge in [0.05, 0.1) is 0 Å². The van der Waals surface area contributed by atoms with Gasteiger partial charge in [0.1, 0.15) is 5.82 Å². The van der Waals surface area contributed by atoms with E-state index in [0.717, 1.165) is 29.9 Å². The van der Waals surface area contributed by atoms with Gasteiger partial charge in [0.15, 0.2) is 0 Å². The molecule has 156 valence electrons. The normalized spacial score (nSPS) is 29.7. The lowest BCUT2D eigenvalue weighted by Crippen LogP contribution is -2.58. The van der Waals surface area contributed by atoms with E-state index in [1.54, 1.807) is 6.07 Å². The lowest BCUT2D eigenvalue weighted by Gasteiger charge is -2.57. The third kappa shape index (κ3) is 3.27. The molecule has 0 spiro atoms. The summed E-state index contributed by atoms with van der Waals surface area (Å²) in [6.45, 7) is 1.56. The van der Waals surface area contributed by atoms with E-state index in [0.29, 0.717) is 17.1 Å². The Bertz CT molecular complexity index is 1070. The minimum absolute atomic E-state index is 0.290. The predicted molar refractivity (Wildman–Crippen MR) is 120 cm³/mol. The Hall–Kier alpha value is -1.84. The summed E-state index contributed by atoms with van der Waals surface area (Å²) in [6.07, 6.45) is 10.8. The molecule has 0 atom stereocenters. The molecular formula is C26H28ClFN2. The summed E-state index contributed by atoms with van der Waals surface area (Å²) in [4.78, 5) is 0. The molecule has 0 aliphatic heterocycles. The Morgan fingerprint density at radius 3 is 2.37 bits per heavy atom. The highest BCUT2D eigenvalue weighted by Gasteiger charge is 2.50. The van der Waals surface area contributed by atoms with Crippen LogP contribution in [-0.2, 0) is 13.1 Å². The van der Waals surface area contributed by atoms with Gasteiger partial charge in [0.25, 0.3) is 0 Å². The number of hydrogen-bond acceptors (Lipinski definition) is 1. The summed E-state index contributed by atoms with van der Waals surface area (Å²) < 4.78 is 15.7. The van der Waals surface area contributed by atoms with Gasteiger partial charge in [0.2, 0.25) is 0 Å². The number of hydrogen-bond donors (Lipinski definition) is 1. The number of nitrogens with zero attached hydrogens (tertiary/aromatic N) is 1. The van der Waals surface area contributed by atoms with Crippen LogP contribution >= 0.6 is 11.6 Å². The topological polar surface area (TPSA) is 17.0 Å². The monoisotopic (exact) mass is 422 g/mol. The molecule has 4 aliphatic rings. The zero-order chi connectivity index (χ0) is 20.3. The molecule has 4 fully saturated rings. The van der Waals surface area contributed by atoms with Gasteiger partial charge in [-0.2, -0.15) is 0 Å². The summed E-state index contributed by atoms with van der Waals surface area (Å²) in [5.41, 5.74) is 3.86. The number of benzene rings is 2. The second-order valence-electron chi connectivity index (χ2n) is 10.1. The first-order valence-corrected chi connectivity index (χ1v) is 11.7. The zero-order valence-corrected chi connectivity index (χ0v) is 18.0. The number of halogens is 2. The number of nitrogens with one attached hydrogen (secondary N) is 1. The summed E-state index contributed by atoms with van der Waals surface area (Å²) in [5.74, 6) is 2.56. The predicted octanol–water partition coefficient (Wildman–Crippen LogP) is 6.54. The summed E-state index contributed by atoms with van der Waals surface area (Å²) >= 11 is 6.31. The van der Waals surface area contributed by atoms with Gasteiger partial charge < -0.3 is 9.88 Å². The Morgan fingerprint density at radius 1 is 0.967 bits per heavy atom. The molecule has 0 amide bonds. The maximum absolute atomic E-state index is 13.5. The highest BCUT2D eigenvalue weighted by atomic mass is 35.5. The van der Waals surface area contributed by atoms with Gasteiger partial charge in [-0.25, -0.2) is 4.39 Å². The van der Waals surface area contributed by atoms with Gasteiger partial charge in [-0.05, 0) is 85.6 Å². The van der Waals surface area contributed by atoms with Crippen LogP contribution in [0.15, 0.2) is 48.7 Å². The largest absolute Gasteiger partial charge is 0.343 e. The van der Waals surface area contributed by atoms with Gasteiger partial charge in [-0.1, -0.05) is 35.9 Å². The molecule has 4 saturated carbocycles. The molecule has 1 aromatic heterocycles. The van der Waals surface area contributed by atoms with Crippen molar-refractivity contribution in [1.29, 1.82) is 0 Å². The van der Waals surface area contributed by atoms with Crippen molar-refractivity contribution in [3.8, 4) is 0 Å². The first-order valence-electron chi connectivity index (χ1n) is 11.3. The molecule has 2 aromatic carbocycles. The number of aromatic nitrogens is 1. The molecule has 30 heavy (non-hydrogen) atoms. The molecule has 2 nitrogen and oxygen atoms in total. The first kappa shape index (κ1) is 18.9. The Balaban J connectivity index is 1.28. The molecule has 4 bridgehead atoms. The van der Waals surface area contributed by atoms with Crippen molar-refractivity contribution in [3.63, 3.8) is 0 Å². The minimum Gasteiger partial charge on any atom is -0.343 e. The van der Waals surface area contributed by atoms with Gasteiger partial charge in [-0.3, -0.25) is 0 Å². The maximum atomic E-state index is 13.5. The van der Waals surface area contributed by atoms with Crippen LogP contribution in [0.2, 0.25) is 5.02 Å². The van der Waals surface area contributed by atoms with Gasteiger partial charge in [-0.15, -0.1) is 0 Å². The maximum Gasteiger partial charge on any atom is 0.124 e. The van der Waals surface area contributed by atoms with Crippen molar-refractivity contribution in [1.82, 2.24) is 9.88 Å². The fraction of sp³-hybridized carbons (Fsp3) is 0.462. The molecule has 4 heteroatoms. The molecular weight excluding hydrogens is 395 g/mol. The van der Waals surface area contributed by atoms with Crippen molar-refractivity contribution in [3.05, 3.63) is 70.6 Å². The second-order valence-corrected chi connectivity index (χ2v) is 10.5. The summed E-state index contributed by atoms with van der Waals surface area (Å²) in [5, 5.41) is 5.83. The van der Waals surface area contributed by atoms with Crippen LogP contribution in [0.5, 0.6) is 0 Å². The van der Waals surface area contributed by atoms with E-state index in [-0.39, 0.29) is 5.82 Å². The van der Waals surface area contributed by atoms with Crippen molar-refractivity contribution in [2.45, 2.75) is 57.2 Å². The third-order valence-corrected chi connectivity index (χ3v) is 8.27. The van der Waals surface area contributed by atoms with Crippen LogP contribution in [0.3, 0.4) is 0 Å².